The van der Waals surface area contributed by atoms with Gasteiger partial charge in [-0.2, -0.15) is 0 Å². The number of esters is 1. The van der Waals surface area contributed by atoms with Crippen molar-refractivity contribution in [2.24, 2.45) is 58.2 Å². The summed E-state index contributed by atoms with van der Waals surface area (Å²) in [5, 5.41) is 0. The molecule has 10 unspecified atom stereocenters. The summed E-state index contributed by atoms with van der Waals surface area (Å²) in [6, 6.07) is 0. The van der Waals surface area contributed by atoms with Crippen molar-refractivity contribution in [1.82, 2.24) is 0 Å². The Morgan fingerprint density at radius 2 is 1.73 bits per heavy atom. The summed E-state index contributed by atoms with van der Waals surface area (Å²) >= 11 is 0. The van der Waals surface area contributed by atoms with E-state index in [0.717, 1.165) is 49.4 Å². The number of hydrogen-bond donors (Lipinski definition) is 0. The van der Waals surface area contributed by atoms with Crippen LogP contribution in [0.15, 0.2) is 0 Å². The van der Waals surface area contributed by atoms with Gasteiger partial charge in [-0.3, -0.25) is 9.59 Å². The van der Waals surface area contributed by atoms with Crippen LogP contribution >= 0.6 is 0 Å². The molecule has 4 fully saturated rings. The fourth-order valence-corrected chi connectivity index (χ4v) is 9.41. The van der Waals surface area contributed by atoms with Crippen LogP contribution in [-0.2, 0) is 14.3 Å². The molecule has 0 aromatic heterocycles. The van der Waals surface area contributed by atoms with Crippen molar-refractivity contribution in [3.63, 3.8) is 0 Å². The van der Waals surface area contributed by atoms with Crippen molar-refractivity contribution >= 4 is 11.8 Å². The highest BCUT2D eigenvalue weighted by Crippen LogP contribution is 2.67. The number of fused-ring (bicyclic) bond motifs is 5. The van der Waals surface area contributed by atoms with Gasteiger partial charge in [0.25, 0.3) is 0 Å². The lowest BCUT2D eigenvalue weighted by atomic mass is 9.44. The molecule has 0 spiro atoms. The van der Waals surface area contributed by atoms with E-state index in [9.17, 15) is 9.59 Å². The highest BCUT2D eigenvalue weighted by atomic mass is 16.5. The van der Waals surface area contributed by atoms with Gasteiger partial charge in [-0.15, -0.1) is 0 Å². The summed E-state index contributed by atoms with van der Waals surface area (Å²) in [7, 11) is 0. The fraction of sp³-hybridized carbons (Fsp3) is 0.933. The Labute approximate surface area is 203 Å². The molecule has 4 saturated carbocycles. The normalized spacial score (nSPS) is 44.5. The van der Waals surface area contributed by atoms with Gasteiger partial charge in [0.2, 0.25) is 0 Å². The zero-order valence-corrected chi connectivity index (χ0v) is 22.5. The van der Waals surface area contributed by atoms with E-state index in [0.29, 0.717) is 23.5 Å². The minimum absolute atomic E-state index is 0.0611. The minimum atomic E-state index is -0.157. The monoisotopic (exact) mass is 458 g/mol. The van der Waals surface area contributed by atoms with E-state index in [1.54, 1.807) is 0 Å². The molecule has 3 heteroatoms. The first kappa shape index (κ1) is 25.2. The topological polar surface area (TPSA) is 43.4 Å². The summed E-state index contributed by atoms with van der Waals surface area (Å²) in [6.45, 7) is 16.0. The fourth-order valence-electron chi connectivity index (χ4n) is 9.41. The molecular formula is C30H50O3. The van der Waals surface area contributed by atoms with Crippen molar-refractivity contribution in [3.05, 3.63) is 0 Å². The lowest BCUT2D eigenvalue weighted by Crippen LogP contribution is -2.58. The molecule has 0 aliphatic heterocycles. The van der Waals surface area contributed by atoms with Crippen molar-refractivity contribution < 1.29 is 14.3 Å². The summed E-state index contributed by atoms with van der Waals surface area (Å²) in [5.41, 5.74) is 0.311. The first-order valence-electron chi connectivity index (χ1n) is 14.2. The highest BCUT2D eigenvalue weighted by molar-refractivity contribution is 5.84. The Kier molecular flexibility index (Phi) is 7.12. The Bertz CT molecular complexity index is 743. The van der Waals surface area contributed by atoms with Crippen molar-refractivity contribution in [2.75, 3.05) is 0 Å². The van der Waals surface area contributed by atoms with Gasteiger partial charge >= 0.3 is 5.97 Å². The highest BCUT2D eigenvalue weighted by Gasteiger charge is 2.63. The Hall–Kier alpha value is -0.860. The molecule has 0 amide bonds. The lowest BCUT2D eigenvalue weighted by Gasteiger charge is -2.60. The average molecular weight is 459 g/mol. The second-order valence-corrected chi connectivity index (χ2v) is 13.6. The van der Waals surface area contributed by atoms with E-state index in [4.69, 9.17) is 4.74 Å². The molecule has 4 aliphatic rings. The van der Waals surface area contributed by atoms with Gasteiger partial charge in [0.05, 0.1) is 0 Å². The number of Topliss-reactive ketones (excluding diaryl/α,β-unsaturated/α-hetero) is 1. The Balaban J connectivity index is 1.49. The molecule has 0 aromatic rings. The predicted octanol–water partition coefficient (Wildman–Crippen LogP) is 7.46. The van der Waals surface area contributed by atoms with Gasteiger partial charge in [-0.05, 0) is 97.2 Å². The minimum Gasteiger partial charge on any atom is -0.463 e. The smallest absolute Gasteiger partial charge is 0.302 e. The summed E-state index contributed by atoms with van der Waals surface area (Å²) in [4.78, 5) is 25.5. The van der Waals surface area contributed by atoms with E-state index in [1.165, 1.54) is 45.4 Å². The second-order valence-electron chi connectivity index (χ2n) is 13.6. The van der Waals surface area contributed by atoms with Crippen LogP contribution in [0.1, 0.15) is 113 Å². The number of carbonyl (C=O) groups excluding carboxylic acids is 2. The molecule has 33 heavy (non-hydrogen) atoms. The SMILES string of the molecule is CC(=O)OC1CCC2(C)C(CCC3C4CCC(C(C)CCC(C)C(C)C)C4(C)CC(=O)C32)C1. The third kappa shape index (κ3) is 4.44. The van der Waals surface area contributed by atoms with Gasteiger partial charge in [-0.25, -0.2) is 0 Å². The number of carbonyl (C=O) groups is 2. The molecule has 0 radical (unpaired) electrons. The summed E-state index contributed by atoms with van der Waals surface area (Å²) in [6.07, 6.45) is 11.5. The van der Waals surface area contributed by atoms with E-state index in [-0.39, 0.29) is 28.8 Å². The Morgan fingerprint density at radius 1 is 1.00 bits per heavy atom. The van der Waals surface area contributed by atoms with Crippen LogP contribution in [-0.4, -0.2) is 17.9 Å². The lowest BCUT2D eigenvalue weighted by molar-refractivity contribution is -0.169. The third-order valence-corrected chi connectivity index (χ3v) is 11.6. The van der Waals surface area contributed by atoms with Crippen LogP contribution in [0.25, 0.3) is 0 Å². The van der Waals surface area contributed by atoms with E-state index in [2.05, 4.69) is 41.5 Å². The van der Waals surface area contributed by atoms with E-state index >= 15 is 0 Å². The maximum Gasteiger partial charge on any atom is 0.302 e. The molecule has 4 rings (SSSR count). The van der Waals surface area contributed by atoms with Crippen molar-refractivity contribution in [1.29, 1.82) is 0 Å². The van der Waals surface area contributed by atoms with Gasteiger partial charge in [0.15, 0.2) is 0 Å². The van der Waals surface area contributed by atoms with Crippen LogP contribution in [0.4, 0.5) is 0 Å². The average Bonchev–Trinajstić information content (AvgIpc) is 3.07. The largest absolute Gasteiger partial charge is 0.463 e. The number of hydrogen-bond acceptors (Lipinski definition) is 3. The molecule has 188 valence electrons. The summed E-state index contributed by atoms with van der Waals surface area (Å²) in [5.74, 6) is 5.45. The van der Waals surface area contributed by atoms with E-state index in [1.807, 2.05) is 0 Å². The van der Waals surface area contributed by atoms with Gasteiger partial charge in [0, 0.05) is 19.3 Å². The molecule has 0 saturated heterocycles. The van der Waals surface area contributed by atoms with E-state index < -0.39 is 0 Å². The van der Waals surface area contributed by atoms with Gasteiger partial charge in [-0.1, -0.05) is 54.4 Å². The number of rotatable bonds is 6. The Morgan fingerprint density at radius 3 is 2.39 bits per heavy atom. The maximum absolute atomic E-state index is 13.9. The zero-order chi connectivity index (χ0) is 24.1. The molecule has 0 N–H and O–H groups in total. The van der Waals surface area contributed by atoms with Crippen LogP contribution in [0.3, 0.4) is 0 Å². The molecule has 0 heterocycles. The van der Waals surface area contributed by atoms with Gasteiger partial charge < -0.3 is 4.74 Å². The van der Waals surface area contributed by atoms with Gasteiger partial charge in [0.1, 0.15) is 11.9 Å². The van der Waals surface area contributed by atoms with Crippen LogP contribution in [0, 0.1) is 58.2 Å². The van der Waals surface area contributed by atoms with Crippen molar-refractivity contribution in [2.45, 2.75) is 119 Å². The molecule has 0 bridgehead atoms. The standard InChI is InChI=1S/C30H50O3/c1-18(2)19(3)8-9-20(4)25-12-13-26-24-11-10-22-16-23(33-21(5)31)14-15-29(22,6)28(24)27(32)17-30(25,26)7/h18-20,22-26,28H,8-17H2,1-7H3. The quantitative estimate of drug-likeness (QED) is 0.388. The number of ketones is 1. The van der Waals surface area contributed by atoms with Crippen molar-refractivity contribution in [3.8, 4) is 0 Å². The van der Waals surface area contributed by atoms with Crippen LogP contribution in [0.5, 0.6) is 0 Å². The molecular weight excluding hydrogens is 408 g/mol. The third-order valence-electron chi connectivity index (χ3n) is 11.6. The second kappa shape index (κ2) is 9.30. The van der Waals surface area contributed by atoms with Crippen LogP contribution < -0.4 is 0 Å². The first-order chi connectivity index (χ1) is 15.5. The number of ether oxygens (including phenoxy) is 1. The molecule has 0 aromatic carbocycles. The van der Waals surface area contributed by atoms with Crippen LogP contribution in [0.2, 0.25) is 0 Å². The molecule has 3 nitrogen and oxygen atoms in total. The summed E-state index contributed by atoms with van der Waals surface area (Å²) < 4.78 is 5.60. The molecule has 10 atom stereocenters. The first-order valence-corrected chi connectivity index (χ1v) is 14.2. The molecule has 4 aliphatic carbocycles. The predicted molar refractivity (Wildman–Crippen MR) is 134 cm³/mol. The zero-order valence-electron chi connectivity index (χ0n) is 22.5. The maximum atomic E-state index is 13.9.